The number of hydrogen-bond donors (Lipinski definition) is 1. The molecule has 0 unspecified atom stereocenters. The molecule has 15 heteroatoms. The molecule has 0 aliphatic heterocycles. The summed E-state index contributed by atoms with van der Waals surface area (Å²) in [5.41, 5.74) is -0.805. The number of carbonyl (C=O) groups excluding carboxylic acids is 1. The predicted molar refractivity (Wildman–Crippen MR) is 161 cm³/mol. The average molecular weight is 622 g/mol. The highest BCUT2D eigenvalue weighted by Crippen LogP contribution is 2.32. The van der Waals surface area contributed by atoms with Crippen molar-refractivity contribution in [3.8, 4) is 11.8 Å². The lowest BCUT2D eigenvalue weighted by atomic mass is 10.1. The van der Waals surface area contributed by atoms with Crippen molar-refractivity contribution in [2.24, 2.45) is 5.10 Å². The standard InChI is InChI=1S/C30H30F3N9O3/c1-7-24(42(35-4)22-13-11-20(16-34)12-14-22)26-19(3)40(23-10-8-9-21(15-23)30(31,32)33)29(44)41(26)28(43)36-18(2)27-38-37-25(45-27)17-39(5)6/h7-15,18H,4,17H2,1-3,5-6H3,(H,36,43)/b24-7-/t18-/m0/s1. The van der Waals surface area contributed by atoms with Gasteiger partial charge in [0.25, 0.3) is 0 Å². The van der Waals surface area contributed by atoms with Gasteiger partial charge >= 0.3 is 17.9 Å². The Morgan fingerprint density at radius 3 is 2.49 bits per heavy atom. The molecule has 0 aliphatic rings. The third-order valence-electron chi connectivity index (χ3n) is 6.69. The predicted octanol–water partition coefficient (Wildman–Crippen LogP) is 5.08. The number of rotatable bonds is 9. The second-order valence-corrected chi connectivity index (χ2v) is 10.2. The molecule has 2 aromatic carbocycles. The van der Waals surface area contributed by atoms with Crippen LogP contribution in [0.4, 0.5) is 23.7 Å². The van der Waals surface area contributed by atoms with Gasteiger partial charge in [0, 0.05) is 6.72 Å². The SMILES string of the molecule is C=NN(/C(=C\C)c1c(C)n(-c2cccc(C(F)(F)F)c2)c(=O)n1C(=O)N[C@@H](C)c1nnc(CN(C)C)o1)c1ccc(C#N)cc1. The summed E-state index contributed by atoms with van der Waals surface area (Å²) in [6.45, 7) is 8.71. The van der Waals surface area contributed by atoms with Gasteiger partial charge in [0.1, 0.15) is 11.7 Å². The molecule has 0 bridgehead atoms. The second-order valence-electron chi connectivity index (χ2n) is 10.2. The molecule has 2 aromatic heterocycles. The van der Waals surface area contributed by atoms with Crippen LogP contribution in [0.3, 0.4) is 0 Å². The first-order valence-electron chi connectivity index (χ1n) is 13.5. The number of nitrogens with zero attached hydrogens (tertiary/aromatic N) is 8. The van der Waals surface area contributed by atoms with Gasteiger partial charge in [0.15, 0.2) is 0 Å². The Morgan fingerprint density at radius 2 is 1.91 bits per heavy atom. The van der Waals surface area contributed by atoms with E-state index in [0.717, 1.165) is 21.3 Å². The van der Waals surface area contributed by atoms with Crippen LogP contribution in [0.2, 0.25) is 0 Å². The summed E-state index contributed by atoms with van der Waals surface area (Å²) in [5, 5.41) is 25.3. The zero-order valence-corrected chi connectivity index (χ0v) is 25.1. The Morgan fingerprint density at radius 1 is 1.22 bits per heavy atom. The van der Waals surface area contributed by atoms with E-state index in [1.807, 2.05) is 25.1 Å². The zero-order chi connectivity index (χ0) is 33.1. The number of nitrogens with one attached hydrogen (secondary N) is 1. The minimum atomic E-state index is -4.67. The normalized spacial score (nSPS) is 12.6. The molecule has 4 aromatic rings. The minimum absolute atomic E-state index is 0.0280. The number of halogens is 3. The largest absolute Gasteiger partial charge is 0.422 e. The number of aromatic nitrogens is 4. The first-order valence-corrected chi connectivity index (χ1v) is 13.5. The van der Waals surface area contributed by atoms with Crippen molar-refractivity contribution < 1.29 is 22.4 Å². The molecule has 45 heavy (non-hydrogen) atoms. The Balaban J connectivity index is 1.88. The maximum absolute atomic E-state index is 14.0. The number of amides is 1. The lowest BCUT2D eigenvalue weighted by Crippen LogP contribution is -2.39. The summed E-state index contributed by atoms with van der Waals surface area (Å²) < 4.78 is 48.3. The van der Waals surface area contributed by atoms with Crippen molar-refractivity contribution in [2.45, 2.75) is 39.5 Å². The summed E-state index contributed by atoms with van der Waals surface area (Å²) in [4.78, 5) is 29.7. The lowest BCUT2D eigenvalue weighted by molar-refractivity contribution is -0.137. The summed E-state index contributed by atoms with van der Waals surface area (Å²) in [6.07, 6.45) is -3.10. The van der Waals surface area contributed by atoms with Crippen molar-refractivity contribution in [1.82, 2.24) is 29.5 Å². The van der Waals surface area contributed by atoms with Gasteiger partial charge in [0.2, 0.25) is 11.8 Å². The van der Waals surface area contributed by atoms with Crippen LogP contribution in [0.5, 0.6) is 0 Å². The van der Waals surface area contributed by atoms with Gasteiger partial charge in [-0.15, -0.1) is 10.2 Å². The molecule has 0 radical (unpaired) electrons. The highest BCUT2D eigenvalue weighted by Gasteiger charge is 2.33. The molecular formula is C30H30F3N9O3. The monoisotopic (exact) mass is 621 g/mol. The van der Waals surface area contributed by atoms with Crippen LogP contribution in [0.25, 0.3) is 11.4 Å². The minimum Gasteiger partial charge on any atom is -0.422 e. The topological polar surface area (TPSA) is 138 Å². The van der Waals surface area contributed by atoms with E-state index < -0.39 is 29.5 Å². The summed E-state index contributed by atoms with van der Waals surface area (Å²) >= 11 is 0. The van der Waals surface area contributed by atoms with Crippen molar-refractivity contribution in [3.05, 3.63) is 99.4 Å². The number of benzene rings is 2. The Labute approximate surface area is 256 Å². The summed E-state index contributed by atoms with van der Waals surface area (Å²) in [7, 11) is 3.64. The van der Waals surface area contributed by atoms with E-state index in [1.165, 1.54) is 24.1 Å². The van der Waals surface area contributed by atoms with Gasteiger partial charge in [0.05, 0.1) is 46.5 Å². The van der Waals surface area contributed by atoms with Crippen LogP contribution in [0, 0.1) is 18.3 Å². The number of anilines is 1. The Kier molecular flexibility index (Phi) is 9.38. The number of hydrogen-bond acceptors (Lipinski definition) is 9. The molecule has 12 nitrogen and oxygen atoms in total. The second kappa shape index (κ2) is 13.0. The van der Waals surface area contributed by atoms with Crippen LogP contribution in [-0.2, 0) is 12.7 Å². The van der Waals surface area contributed by atoms with E-state index in [9.17, 15) is 28.0 Å². The third-order valence-corrected chi connectivity index (χ3v) is 6.69. The molecule has 0 fully saturated rings. The van der Waals surface area contributed by atoms with E-state index in [0.29, 0.717) is 23.7 Å². The lowest BCUT2D eigenvalue weighted by Gasteiger charge is -2.23. The average Bonchev–Trinajstić information content (AvgIpc) is 3.56. The van der Waals surface area contributed by atoms with Crippen LogP contribution in [0.1, 0.15) is 54.2 Å². The summed E-state index contributed by atoms with van der Waals surface area (Å²) in [6, 6.07) is 10.8. The van der Waals surface area contributed by atoms with E-state index in [1.54, 1.807) is 44.2 Å². The highest BCUT2D eigenvalue weighted by atomic mass is 19.4. The first-order chi connectivity index (χ1) is 21.3. The molecule has 4 rings (SSSR count). The van der Waals surface area contributed by atoms with Crippen molar-refractivity contribution in [1.29, 1.82) is 5.26 Å². The van der Waals surface area contributed by atoms with Crippen molar-refractivity contribution in [2.75, 3.05) is 19.1 Å². The zero-order valence-electron chi connectivity index (χ0n) is 25.1. The fourth-order valence-electron chi connectivity index (χ4n) is 4.64. The quantitative estimate of drug-likeness (QED) is 0.202. The number of carbonyl (C=O) groups is 1. The van der Waals surface area contributed by atoms with Crippen LogP contribution >= 0.6 is 0 Å². The summed E-state index contributed by atoms with van der Waals surface area (Å²) in [5.74, 6) is 0.397. The molecule has 1 atom stereocenters. The molecule has 234 valence electrons. The van der Waals surface area contributed by atoms with Gasteiger partial charge < -0.3 is 14.6 Å². The van der Waals surface area contributed by atoms with Gasteiger partial charge in [-0.2, -0.15) is 23.5 Å². The molecule has 1 N–H and O–H groups in total. The number of imidazole rings is 1. The fraction of sp³-hybridized carbons (Fsp3) is 0.267. The van der Waals surface area contributed by atoms with E-state index in [-0.39, 0.29) is 28.7 Å². The van der Waals surface area contributed by atoms with E-state index in [4.69, 9.17) is 4.42 Å². The fourth-order valence-corrected chi connectivity index (χ4v) is 4.64. The van der Waals surface area contributed by atoms with Gasteiger partial charge in [-0.1, -0.05) is 12.1 Å². The number of alkyl halides is 3. The Bertz CT molecular complexity index is 1840. The Hall–Kier alpha value is -5.49. The van der Waals surface area contributed by atoms with Crippen molar-refractivity contribution in [3.63, 3.8) is 0 Å². The third kappa shape index (κ3) is 6.70. The van der Waals surface area contributed by atoms with Gasteiger partial charge in [-0.25, -0.2) is 19.2 Å². The maximum Gasteiger partial charge on any atom is 0.416 e. The number of nitriles is 1. The number of allylic oxidation sites excluding steroid dienone is 1. The van der Waals surface area contributed by atoms with Crippen LogP contribution in [-0.4, -0.2) is 51.1 Å². The van der Waals surface area contributed by atoms with E-state index >= 15 is 0 Å². The maximum atomic E-state index is 14.0. The molecule has 2 heterocycles. The molecule has 0 saturated heterocycles. The van der Waals surface area contributed by atoms with Gasteiger partial charge in [-0.3, -0.25) is 4.57 Å². The van der Waals surface area contributed by atoms with Crippen LogP contribution < -0.4 is 16.0 Å². The van der Waals surface area contributed by atoms with Gasteiger partial charge in [-0.05, 0) is 77.3 Å². The van der Waals surface area contributed by atoms with Crippen LogP contribution in [0.15, 0.2) is 68.9 Å². The number of hydrazone groups is 1. The highest BCUT2D eigenvalue weighted by molar-refractivity contribution is 5.86. The molecular weight excluding hydrogens is 591 g/mol. The van der Waals surface area contributed by atoms with Crippen molar-refractivity contribution >= 4 is 24.1 Å². The molecule has 0 aliphatic carbocycles. The first kappa shape index (κ1) is 32.4. The van der Waals surface area contributed by atoms with E-state index in [2.05, 4.69) is 27.3 Å². The molecule has 0 saturated carbocycles. The smallest absolute Gasteiger partial charge is 0.416 e. The molecule has 1 amide bonds. The molecule has 0 spiro atoms.